The fourth-order valence-electron chi connectivity index (χ4n) is 2.81. The van der Waals surface area contributed by atoms with Gasteiger partial charge in [-0.05, 0) is 24.6 Å². The third kappa shape index (κ3) is 3.28. The molecule has 1 aromatic heterocycles. The maximum atomic E-state index is 13.2. The molecule has 2 aromatic rings. The van der Waals surface area contributed by atoms with Gasteiger partial charge in [-0.3, -0.25) is 9.59 Å². The fourth-order valence-corrected chi connectivity index (χ4v) is 2.81. The first-order valence-corrected chi connectivity index (χ1v) is 8.07. The van der Waals surface area contributed by atoms with Crippen molar-refractivity contribution in [3.8, 4) is 0 Å². The van der Waals surface area contributed by atoms with Crippen LogP contribution in [0.5, 0.6) is 0 Å². The standard InChI is InChI=1S/C17H17FN4O4/c1-2-26-17(25)13-12(20-9-21-13)16(24)22-8-7-19-15(23)14(22)10-3-5-11(18)6-4-10/h3-6,9,14H,2,7-8H2,1H3,(H,19,23)(H,20,21). The van der Waals surface area contributed by atoms with Crippen LogP contribution in [0.25, 0.3) is 0 Å². The van der Waals surface area contributed by atoms with Gasteiger partial charge in [0.1, 0.15) is 11.9 Å². The maximum Gasteiger partial charge on any atom is 0.357 e. The van der Waals surface area contributed by atoms with Gasteiger partial charge in [0.25, 0.3) is 5.91 Å². The lowest BCUT2D eigenvalue weighted by Gasteiger charge is -2.35. The highest BCUT2D eigenvalue weighted by Crippen LogP contribution is 2.25. The summed E-state index contributed by atoms with van der Waals surface area (Å²) in [5.74, 6) is -2.12. The molecule has 1 fully saturated rings. The van der Waals surface area contributed by atoms with Crippen LogP contribution in [0.3, 0.4) is 0 Å². The minimum absolute atomic E-state index is 0.0688. The maximum absolute atomic E-state index is 13.2. The third-order valence-electron chi connectivity index (χ3n) is 3.98. The van der Waals surface area contributed by atoms with E-state index < -0.39 is 23.7 Å². The van der Waals surface area contributed by atoms with E-state index in [1.54, 1.807) is 6.92 Å². The predicted octanol–water partition coefficient (Wildman–Crippen LogP) is 1.04. The second kappa shape index (κ2) is 7.34. The van der Waals surface area contributed by atoms with E-state index in [0.29, 0.717) is 5.56 Å². The summed E-state index contributed by atoms with van der Waals surface area (Å²) in [5.41, 5.74) is 0.274. The summed E-state index contributed by atoms with van der Waals surface area (Å²) in [5, 5.41) is 2.69. The van der Waals surface area contributed by atoms with Crippen molar-refractivity contribution in [3.05, 3.63) is 53.4 Å². The molecular weight excluding hydrogens is 343 g/mol. The molecule has 3 rings (SSSR count). The minimum atomic E-state index is -0.941. The third-order valence-corrected chi connectivity index (χ3v) is 3.98. The number of hydrogen-bond acceptors (Lipinski definition) is 5. The van der Waals surface area contributed by atoms with E-state index in [-0.39, 0.29) is 37.0 Å². The summed E-state index contributed by atoms with van der Waals surface area (Å²) in [6, 6.07) is 4.39. The molecular formula is C17H17FN4O4. The number of halogens is 1. The van der Waals surface area contributed by atoms with Crippen LogP contribution in [0, 0.1) is 5.82 Å². The van der Waals surface area contributed by atoms with Gasteiger partial charge in [-0.25, -0.2) is 14.2 Å². The highest BCUT2D eigenvalue weighted by atomic mass is 19.1. The van der Waals surface area contributed by atoms with E-state index in [0.717, 1.165) is 0 Å². The first kappa shape index (κ1) is 17.6. The number of hydrogen-bond donors (Lipinski definition) is 2. The Kier molecular flexibility index (Phi) is 4.97. The van der Waals surface area contributed by atoms with Crippen molar-refractivity contribution in [1.82, 2.24) is 20.2 Å². The normalized spacial score (nSPS) is 16.9. The molecule has 1 aliphatic rings. The molecule has 1 saturated heterocycles. The summed E-state index contributed by atoms with van der Waals surface area (Å²) in [6.45, 7) is 2.29. The topological polar surface area (TPSA) is 104 Å². The first-order valence-electron chi connectivity index (χ1n) is 8.07. The van der Waals surface area contributed by atoms with Crippen molar-refractivity contribution < 1.29 is 23.5 Å². The molecule has 2 heterocycles. The quantitative estimate of drug-likeness (QED) is 0.793. The zero-order chi connectivity index (χ0) is 18.7. The molecule has 0 bridgehead atoms. The van der Waals surface area contributed by atoms with Gasteiger partial charge in [-0.15, -0.1) is 0 Å². The Morgan fingerprint density at radius 2 is 2.08 bits per heavy atom. The van der Waals surface area contributed by atoms with Gasteiger partial charge in [-0.1, -0.05) is 12.1 Å². The highest BCUT2D eigenvalue weighted by molar-refractivity contribution is 6.04. The molecule has 0 radical (unpaired) electrons. The molecule has 0 spiro atoms. The minimum Gasteiger partial charge on any atom is -0.461 e. The number of H-pyrrole nitrogens is 1. The molecule has 2 amide bonds. The van der Waals surface area contributed by atoms with E-state index in [2.05, 4.69) is 15.3 Å². The lowest BCUT2D eigenvalue weighted by atomic mass is 10.0. The Balaban J connectivity index is 1.94. The molecule has 136 valence electrons. The number of aromatic amines is 1. The van der Waals surface area contributed by atoms with Crippen molar-refractivity contribution in [3.63, 3.8) is 0 Å². The Bertz CT molecular complexity index is 834. The van der Waals surface area contributed by atoms with Gasteiger partial charge in [-0.2, -0.15) is 0 Å². The van der Waals surface area contributed by atoms with Crippen molar-refractivity contribution >= 4 is 17.8 Å². The van der Waals surface area contributed by atoms with Gasteiger partial charge < -0.3 is 19.9 Å². The number of nitrogens with one attached hydrogen (secondary N) is 2. The average molecular weight is 360 g/mol. The fraction of sp³-hybridized carbons (Fsp3) is 0.294. The van der Waals surface area contributed by atoms with Crippen LogP contribution in [0.1, 0.15) is 39.5 Å². The number of carbonyl (C=O) groups is 3. The van der Waals surface area contributed by atoms with Gasteiger partial charge in [0.15, 0.2) is 11.4 Å². The van der Waals surface area contributed by atoms with Crippen molar-refractivity contribution in [2.24, 2.45) is 0 Å². The molecule has 1 unspecified atom stereocenters. The predicted molar refractivity (Wildman–Crippen MR) is 87.7 cm³/mol. The second-order valence-corrected chi connectivity index (χ2v) is 5.59. The molecule has 1 atom stereocenters. The van der Waals surface area contributed by atoms with Crippen LogP contribution in [-0.4, -0.2) is 52.3 Å². The summed E-state index contributed by atoms with van der Waals surface area (Å²) >= 11 is 0. The van der Waals surface area contributed by atoms with E-state index >= 15 is 0 Å². The second-order valence-electron chi connectivity index (χ2n) is 5.59. The number of esters is 1. The van der Waals surface area contributed by atoms with Crippen LogP contribution >= 0.6 is 0 Å². The molecule has 8 nitrogen and oxygen atoms in total. The number of benzene rings is 1. The number of piperazine rings is 1. The highest BCUT2D eigenvalue weighted by Gasteiger charge is 2.37. The lowest BCUT2D eigenvalue weighted by Crippen LogP contribution is -2.52. The van der Waals surface area contributed by atoms with Crippen LogP contribution in [0.2, 0.25) is 0 Å². The zero-order valence-corrected chi connectivity index (χ0v) is 14.0. The summed E-state index contributed by atoms with van der Waals surface area (Å²) in [7, 11) is 0. The Labute approximate surface area is 148 Å². The summed E-state index contributed by atoms with van der Waals surface area (Å²) < 4.78 is 18.1. The Morgan fingerprint density at radius 3 is 2.77 bits per heavy atom. The van der Waals surface area contributed by atoms with Crippen LogP contribution in [-0.2, 0) is 9.53 Å². The SMILES string of the molecule is CCOC(=O)c1[nH]cnc1C(=O)N1CCNC(=O)C1c1ccc(F)cc1. The van der Waals surface area contributed by atoms with E-state index in [4.69, 9.17) is 4.74 Å². The number of imidazole rings is 1. The molecule has 2 N–H and O–H groups in total. The van der Waals surface area contributed by atoms with Crippen LogP contribution in [0.15, 0.2) is 30.6 Å². The number of rotatable bonds is 4. The molecule has 1 aromatic carbocycles. The summed E-state index contributed by atoms with van der Waals surface area (Å²) in [4.78, 5) is 45.2. The van der Waals surface area contributed by atoms with Gasteiger partial charge >= 0.3 is 5.97 Å². The number of aromatic nitrogens is 2. The summed E-state index contributed by atoms with van der Waals surface area (Å²) in [6.07, 6.45) is 1.22. The first-order chi connectivity index (χ1) is 12.5. The smallest absolute Gasteiger partial charge is 0.357 e. The number of ether oxygens (including phenoxy) is 1. The number of nitrogens with zero attached hydrogens (tertiary/aromatic N) is 2. The molecule has 0 saturated carbocycles. The van der Waals surface area contributed by atoms with Crippen LogP contribution in [0.4, 0.5) is 4.39 Å². The molecule has 26 heavy (non-hydrogen) atoms. The van der Waals surface area contributed by atoms with Crippen LogP contribution < -0.4 is 5.32 Å². The van der Waals surface area contributed by atoms with Gasteiger partial charge in [0.2, 0.25) is 5.91 Å². The van der Waals surface area contributed by atoms with E-state index in [1.165, 1.54) is 35.5 Å². The number of amides is 2. The molecule has 0 aliphatic carbocycles. The van der Waals surface area contributed by atoms with Gasteiger partial charge in [0.05, 0.1) is 12.9 Å². The average Bonchev–Trinajstić information content (AvgIpc) is 3.12. The number of carbonyl (C=O) groups excluding carboxylic acids is 3. The lowest BCUT2D eigenvalue weighted by molar-refractivity contribution is -0.128. The zero-order valence-electron chi connectivity index (χ0n) is 14.0. The molecule has 9 heteroatoms. The van der Waals surface area contributed by atoms with Crippen molar-refractivity contribution in [2.75, 3.05) is 19.7 Å². The van der Waals surface area contributed by atoms with Crippen molar-refractivity contribution in [1.29, 1.82) is 0 Å². The Hall–Kier alpha value is -3.23. The van der Waals surface area contributed by atoms with Gasteiger partial charge in [0, 0.05) is 13.1 Å². The van der Waals surface area contributed by atoms with E-state index in [1.807, 2.05) is 0 Å². The van der Waals surface area contributed by atoms with E-state index in [9.17, 15) is 18.8 Å². The van der Waals surface area contributed by atoms with Crippen molar-refractivity contribution in [2.45, 2.75) is 13.0 Å². The largest absolute Gasteiger partial charge is 0.461 e. The monoisotopic (exact) mass is 360 g/mol. The Morgan fingerprint density at radius 1 is 1.35 bits per heavy atom. The molecule has 1 aliphatic heterocycles.